The lowest BCUT2D eigenvalue weighted by molar-refractivity contribution is -0.138. The fourth-order valence-corrected chi connectivity index (χ4v) is 4.09. The van der Waals surface area contributed by atoms with E-state index in [-0.39, 0.29) is 12.6 Å². The molecule has 0 bridgehead atoms. The molecule has 1 aromatic rings. The molecule has 1 unspecified atom stereocenters. The van der Waals surface area contributed by atoms with Crippen molar-refractivity contribution in [1.82, 2.24) is 9.80 Å². The van der Waals surface area contributed by atoms with Crippen LogP contribution in [0.2, 0.25) is 5.02 Å². The Kier molecular flexibility index (Phi) is 7.35. The molecule has 2 aliphatic rings. The van der Waals surface area contributed by atoms with Crippen molar-refractivity contribution in [1.29, 1.82) is 0 Å². The summed E-state index contributed by atoms with van der Waals surface area (Å²) in [5, 5.41) is 9.63. The van der Waals surface area contributed by atoms with Gasteiger partial charge in [0.25, 0.3) is 0 Å². The summed E-state index contributed by atoms with van der Waals surface area (Å²) in [7, 11) is 1.81. The molecule has 2 fully saturated rings. The molecule has 1 heterocycles. The summed E-state index contributed by atoms with van der Waals surface area (Å²) < 4.78 is 12.1. The van der Waals surface area contributed by atoms with Crippen LogP contribution in [0.5, 0.6) is 5.75 Å². The summed E-state index contributed by atoms with van der Waals surface area (Å²) in [6.45, 7) is 3.63. The Morgan fingerprint density at radius 1 is 1.41 bits per heavy atom. The Morgan fingerprint density at radius 2 is 2.19 bits per heavy atom. The van der Waals surface area contributed by atoms with E-state index in [0.29, 0.717) is 19.3 Å². The Balaban J connectivity index is 1.60. The van der Waals surface area contributed by atoms with Crippen molar-refractivity contribution >= 4 is 17.6 Å². The Bertz CT molecular complexity index is 636. The first-order chi connectivity index (χ1) is 13.0. The zero-order chi connectivity index (χ0) is 19.2. The van der Waals surface area contributed by atoms with Crippen LogP contribution in [-0.4, -0.2) is 72.9 Å². The predicted octanol–water partition coefficient (Wildman–Crippen LogP) is 2.88. The molecule has 1 saturated heterocycles. The van der Waals surface area contributed by atoms with Gasteiger partial charge in [-0.1, -0.05) is 11.6 Å². The summed E-state index contributed by atoms with van der Waals surface area (Å²) in [6, 6.07) is 5.86. The topological polar surface area (TPSA) is 62.2 Å². The lowest BCUT2D eigenvalue weighted by Crippen LogP contribution is -2.47. The van der Waals surface area contributed by atoms with E-state index in [1.54, 1.807) is 11.9 Å². The van der Waals surface area contributed by atoms with Gasteiger partial charge in [-0.15, -0.1) is 0 Å². The molecule has 1 atom stereocenters. The van der Waals surface area contributed by atoms with Crippen molar-refractivity contribution in [3.05, 3.63) is 28.8 Å². The first-order valence-electron chi connectivity index (χ1n) is 9.69. The second-order valence-corrected chi connectivity index (χ2v) is 8.03. The smallest absolute Gasteiger partial charge is 0.317 e. The van der Waals surface area contributed by atoms with Crippen LogP contribution in [0.15, 0.2) is 18.2 Å². The average Bonchev–Trinajstić information content (AvgIpc) is 3.10. The third-order valence-corrected chi connectivity index (χ3v) is 5.39. The number of aliphatic carboxylic acids is 1. The number of hydrogen-bond donors (Lipinski definition) is 1. The van der Waals surface area contributed by atoms with Gasteiger partial charge >= 0.3 is 5.97 Å². The minimum absolute atomic E-state index is 0.00137. The van der Waals surface area contributed by atoms with Crippen LogP contribution >= 0.6 is 11.6 Å². The number of nitrogens with zero attached hydrogens (tertiary/aromatic N) is 2. The number of ether oxygens (including phenoxy) is 2. The fourth-order valence-electron chi connectivity index (χ4n) is 3.89. The monoisotopic (exact) mass is 396 g/mol. The molecule has 1 aliphatic heterocycles. The van der Waals surface area contributed by atoms with Crippen LogP contribution in [0.1, 0.15) is 31.2 Å². The van der Waals surface area contributed by atoms with Crippen LogP contribution in [0.3, 0.4) is 0 Å². The minimum Gasteiger partial charge on any atom is -0.490 e. The third-order valence-electron chi connectivity index (χ3n) is 5.16. The molecule has 1 aromatic carbocycles. The van der Waals surface area contributed by atoms with Gasteiger partial charge in [0.05, 0.1) is 25.4 Å². The van der Waals surface area contributed by atoms with Crippen LogP contribution < -0.4 is 4.74 Å². The van der Waals surface area contributed by atoms with E-state index >= 15 is 0 Å². The highest BCUT2D eigenvalue weighted by molar-refractivity contribution is 6.30. The number of benzene rings is 1. The lowest BCUT2D eigenvalue weighted by Gasteiger charge is -2.35. The number of carbonyl (C=O) groups is 1. The van der Waals surface area contributed by atoms with Crippen LogP contribution in [0.25, 0.3) is 0 Å². The van der Waals surface area contributed by atoms with Crippen molar-refractivity contribution in [3.63, 3.8) is 0 Å². The van der Waals surface area contributed by atoms with Crippen molar-refractivity contribution in [2.24, 2.45) is 0 Å². The molecule has 7 heteroatoms. The molecule has 1 aliphatic carbocycles. The number of likely N-dealkylation sites (N-methyl/N-ethyl adjacent to an activating group) is 1. The van der Waals surface area contributed by atoms with Crippen LogP contribution in [0, 0.1) is 0 Å². The predicted molar refractivity (Wildman–Crippen MR) is 104 cm³/mol. The van der Waals surface area contributed by atoms with E-state index in [4.69, 9.17) is 26.2 Å². The maximum Gasteiger partial charge on any atom is 0.317 e. The largest absolute Gasteiger partial charge is 0.490 e. The molecule has 0 spiro atoms. The Morgan fingerprint density at radius 3 is 2.93 bits per heavy atom. The molecule has 0 radical (unpaired) electrons. The van der Waals surface area contributed by atoms with Crippen molar-refractivity contribution in [2.45, 2.75) is 44.4 Å². The van der Waals surface area contributed by atoms with Crippen molar-refractivity contribution < 1.29 is 19.4 Å². The van der Waals surface area contributed by atoms with Gasteiger partial charge in [0.15, 0.2) is 0 Å². The fraction of sp³-hybridized carbons (Fsp3) is 0.650. The molecular weight excluding hydrogens is 368 g/mol. The molecule has 0 amide bonds. The molecule has 0 aromatic heterocycles. The van der Waals surface area contributed by atoms with Crippen molar-refractivity contribution in [3.8, 4) is 5.75 Å². The average molecular weight is 397 g/mol. The first-order valence-corrected chi connectivity index (χ1v) is 10.1. The van der Waals surface area contributed by atoms with Gasteiger partial charge < -0.3 is 14.6 Å². The van der Waals surface area contributed by atoms with E-state index in [1.807, 2.05) is 18.2 Å². The lowest BCUT2D eigenvalue weighted by atomic mass is 10.1. The highest BCUT2D eigenvalue weighted by atomic mass is 35.5. The summed E-state index contributed by atoms with van der Waals surface area (Å²) in [4.78, 5) is 15.0. The van der Waals surface area contributed by atoms with E-state index in [0.717, 1.165) is 48.8 Å². The minimum atomic E-state index is -0.821. The summed E-state index contributed by atoms with van der Waals surface area (Å²) in [6.07, 6.45) is 5.04. The first kappa shape index (κ1) is 20.4. The highest BCUT2D eigenvalue weighted by Crippen LogP contribution is 2.30. The number of carboxylic acid groups (broad SMARTS) is 1. The zero-order valence-corrected chi connectivity index (χ0v) is 16.7. The van der Waals surface area contributed by atoms with Gasteiger partial charge in [0.2, 0.25) is 0 Å². The third kappa shape index (κ3) is 6.35. The van der Waals surface area contributed by atoms with Gasteiger partial charge in [0, 0.05) is 36.8 Å². The Hall–Kier alpha value is -1.34. The molecule has 1 N–H and O–H groups in total. The van der Waals surface area contributed by atoms with Gasteiger partial charge in [0.1, 0.15) is 5.75 Å². The van der Waals surface area contributed by atoms with E-state index in [1.165, 1.54) is 12.8 Å². The highest BCUT2D eigenvalue weighted by Gasteiger charge is 2.24. The molecule has 1 saturated carbocycles. The molecule has 27 heavy (non-hydrogen) atoms. The molecular formula is C20H29ClN2O4. The number of carboxylic acids is 1. The quantitative estimate of drug-likeness (QED) is 0.729. The Labute approximate surface area is 166 Å². The van der Waals surface area contributed by atoms with Gasteiger partial charge in [-0.25, -0.2) is 0 Å². The number of morpholine rings is 1. The summed E-state index contributed by atoms with van der Waals surface area (Å²) >= 11 is 6.24. The van der Waals surface area contributed by atoms with Crippen molar-refractivity contribution in [2.75, 3.05) is 39.8 Å². The van der Waals surface area contributed by atoms with Crippen LogP contribution in [-0.2, 0) is 16.1 Å². The summed E-state index contributed by atoms with van der Waals surface area (Å²) in [5.74, 6) is 0.107. The molecule has 6 nitrogen and oxygen atoms in total. The van der Waals surface area contributed by atoms with Gasteiger partial charge in [-0.2, -0.15) is 0 Å². The molecule has 150 valence electrons. The maximum absolute atomic E-state index is 10.8. The molecule has 3 rings (SSSR count). The normalized spacial score (nSPS) is 21.7. The summed E-state index contributed by atoms with van der Waals surface area (Å²) in [5.41, 5.74) is 1.11. The van der Waals surface area contributed by atoms with E-state index < -0.39 is 5.97 Å². The standard InChI is InChI=1S/C20H29ClN2O4/c1-22(14-20(24)25)12-18-13-23(8-9-26-18)11-15-10-16(21)6-7-19(15)27-17-4-2-3-5-17/h6-7,10,17-18H,2-5,8-9,11-14H2,1H3,(H,24,25). The number of hydrogen-bond acceptors (Lipinski definition) is 5. The SMILES string of the molecule is CN(CC(=O)O)CC1CN(Cc2cc(Cl)ccc2OC2CCCC2)CCO1. The zero-order valence-electron chi connectivity index (χ0n) is 15.9. The second-order valence-electron chi connectivity index (χ2n) is 7.59. The maximum atomic E-state index is 10.8. The van der Waals surface area contributed by atoms with E-state index in [9.17, 15) is 4.79 Å². The van der Waals surface area contributed by atoms with Gasteiger partial charge in [-0.05, 0) is 50.9 Å². The second kappa shape index (κ2) is 9.73. The van der Waals surface area contributed by atoms with E-state index in [2.05, 4.69) is 4.90 Å². The van der Waals surface area contributed by atoms with Crippen LogP contribution in [0.4, 0.5) is 0 Å². The number of halogens is 1. The van der Waals surface area contributed by atoms with Gasteiger partial charge in [-0.3, -0.25) is 14.6 Å². The number of rotatable bonds is 8.